The third kappa shape index (κ3) is 3.18. The van der Waals surface area contributed by atoms with Gasteiger partial charge in [-0.2, -0.15) is 0 Å². The van der Waals surface area contributed by atoms with E-state index in [-0.39, 0.29) is 24.8 Å². The van der Waals surface area contributed by atoms with Crippen LogP contribution in [0.2, 0.25) is 0 Å². The number of nitrogens with zero attached hydrogens (tertiary/aromatic N) is 2. The first-order valence-electron chi connectivity index (χ1n) is 7.86. The fraction of sp³-hybridized carbons (Fsp3) is 0.562. The van der Waals surface area contributed by atoms with Crippen molar-refractivity contribution in [2.45, 2.75) is 6.42 Å². The maximum atomic E-state index is 12.9. The third-order valence-electron chi connectivity index (χ3n) is 5.17. The molecule has 0 aromatic heterocycles. The Morgan fingerprint density at radius 1 is 1.29 bits per heavy atom. The molecule has 132 valence electrons. The van der Waals surface area contributed by atoms with E-state index in [2.05, 4.69) is 4.90 Å². The molecule has 1 N–H and O–H groups in total. The normalized spacial score (nSPS) is 28.2. The van der Waals surface area contributed by atoms with Crippen LogP contribution < -0.4 is 0 Å². The molecular formula is C16H21FN2O4S. The second-order valence-electron chi connectivity index (χ2n) is 6.83. The molecule has 2 saturated heterocycles. The number of likely N-dealkylation sites (tertiary alicyclic amines) is 1. The second kappa shape index (κ2) is 6.09. The summed E-state index contributed by atoms with van der Waals surface area (Å²) in [4.78, 5) is 13.9. The lowest BCUT2D eigenvalue weighted by Gasteiger charge is -2.24. The Kier molecular flexibility index (Phi) is 4.39. The van der Waals surface area contributed by atoms with E-state index in [0.29, 0.717) is 26.1 Å². The summed E-state index contributed by atoms with van der Waals surface area (Å²) in [5.74, 6) is -1.40. The summed E-state index contributed by atoms with van der Waals surface area (Å²) in [6, 6.07) is 6.28. The van der Waals surface area contributed by atoms with Crippen molar-refractivity contribution in [3.63, 3.8) is 0 Å². The van der Waals surface area contributed by atoms with E-state index in [4.69, 9.17) is 0 Å². The van der Waals surface area contributed by atoms with Crippen molar-refractivity contribution in [1.82, 2.24) is 9.21 Å². The molecule has 24 heavy (non-hydrogen) atoms. The van der Waals surface area contributed by atoms with Crippen LogP contribution in [0.15, 0.2) is 24.3 Å². The van der Waals surface area contributed by atoms with Crippen LogP contribution >= 0.6 is 0 Å². The Balaban J connectivity index is 1.67. The van der Waals surface area contributed by atoms with Gasteiger partial charge in [-0.25, -0.2) is 17.1 Å². The summed E-state index contributed by atoms with van der Waals surface area (Å²) in [5.41, 5.74) is -0.0260. The Morgan fingerprint density at radius 2 is 1.96 bits per heavy atom. The number of fused-ring (bicyclic) bond motifs is 1. The number of carbonyl (C=O) groups is 1. The SMILES string of the molecule is CS(=O)(=O)N1CC2CN(CCc3ccc(F)cc3)C[C@@]2(C(=O)O)C1. The van der Waals surface area contributed by atoms with Crippen molar-refractivity contribution in [2.75, 3.05) is 39.0 Å². The van der Waals surface area contributed by atoms with Gasteiger partial charge in [-0.1, -0.05) is 12.1 Å². The predicted molar refractivity (Wildman–Crippen MR) is 86.5 cm³/mol. The molecule has 3 rings (SSSR count). The van der Waals surface area contributed by atoms with Crippen molar-refractivity contribution in [3.8, 4) is 0 Å². The van der Waals surface area contributed by atoms with E-state index >= 15 is 0 Å². The first-order chi connectivity index (χ1) is 11.2. The number of halogens is 1. The molecular weight excluding hydrogens is 335 g/mol. The van der Waals surface area contributed by atoms with Gasteiger partial charge in [0.1, 0.15) is 5.82 Å². The van der Waals surface area contributed by atoms with Gasteiger partial charge in [0.2, 0.25) is 10.0 Å². The maximum absolute atomic E-state index is 12.9. The third-order valence-corrected chi connectivity index (χ3v) is 6.39. The molecule has 2 aliphatic heterocycles. The molecule has 2 heterocycles. The van der Waals surface area contributed by atoms with Crippen LogP contribution in [-0.2, 0) is 21.2 Å². The van der Waals surface area contributed by atoms with E-state index < -0.39 is 21.4 Å². The lowest BCUT2D eigenvalue weighted by Crippen LogP contribution is -2.42. The fourth-order valence-electron chi connectivity index (χ4n) is 3.79. The van der Waals surface area contributed by atoms with Gasteiger partial charge in [-0.3, -0.25) is 4.79 Å². The van der Waals surface area contributed by atoms with Crippen LogP contribution in [0.3, 0.4) is 0 Å². The zero-order valence-corrected chi connectivity index (χ0v) is 14.3. The average molecular weight is 356 g/mol. The minimum atomic E-state index is -3.38. The van der Waals surface area contributed by atoms with Gasteiger partial charge in [0.05, 0.1) is 11.7 Å². The molecule has 0 spiro atoms. The largest absolute Gasteiger partial charge is 0.481 e. The lowest BCUT2D eigenvalue weighted by molar-refractivity contribution is -0.148. The number of sulfonamides is 1. The highest BCUT2D eigenvalue weighted by Gasteiger charge is 2.58. The zero-order valence-electron chi connectivity index (χ0n) is 13.5. The van der Waals surface area contributed by atoms with Crippen molar-refractivity contribution in [3.05, 3.63) is 35.6 Å². The minimum absolute atomic E-state index is 0.0406. The number of carboxylic acid groups (broad SMARTS) is 1. The highest BCUT2D eigenvalue weighted by atomic mass is 32.2. The van der Waals surface area contributed by atoms with Crippen LogP contribution in [0.1, 0.15) is 5.56 Å². The molecule has 1 aromatic rings. The second-order valence-corrected chi connectivity index (χ2v) is 8.81. The van der Waals surface area contributed by atoms with Crippen LogP contribution in [0.25, 0.3) is 0 Å². The Labute approximate surface area is 140 Å². The van der Waals surface area contributed by atoms with Gasteiger partial charge in [-0.15, -0.1) is 0 Å². The molecule has 0 saturated carbocycles. The summed E-state index contributed by atoms with van der Waals surface area (Å²) in [5, 5.41) is 9.70. The summed E-state index contributed by atoms with van der Waals surface area (Å²) in [7, 11) is -3.38. The number of aliphatic carboxylic acids is 1. The number of benzene rings is 1. The molecule has 2 aliphatic rings. The molecule has 8 heteroatoms. The fourth-order valence-corrected chi connectivity index (χ4v) is 4.70. The molecule has 0 amide bonds. The van der Waals surface area contributed by atoms with E-state index in [9.17, 15) is 22.7 Å². The highest BCUT2D eigenvalue weighted by Crippen LogP contribution is 2.43. The number of rotatable bonds is 5. The Hall–Kier alpha value is -1.51. The van der Waals surface area contributed by atoms with Gasteiger partial charge in [0.15, 0.2) is 0 Å². The molecule has 0 bridgehead atoms. The number of hydrogen-bond acceptors (Lipinski definition) is 4. The molecule has 1 unspecified atom stereocenters. The molecule has 0 radical (unpaired) electrons. The van der Waals surface area contributed by atoms with Crippen molar-refractivity contribution >= 4 is 16.0 Å². The smallest absolute Gasteiger partial charge is 0.312 e. The van der Waals surface area contributed by atoms with Gasteiger partial charge in [0, 0.05) is 38.6 Å². The minimum Gasteiger partial charge on any atom is -0.481 e. The summed E-state index contributed by atoms with van der Waals surface area (Å²) in [6.07, 6.45) is 1.83. The van der Waals surface area contributed by atoms with E-state index in [0.717, 1.165) is 11.8 Å². The molecule has 2 fully saturated rings. The van der Waals surface area contributed by atoms with Crippen LogP contribution in [0.5, 0.6) is 0 Å². The number of carboxylic acids is 1. The summed E-state index contributed by atoms with van der Waals surface area (Å²) < 4.78 is 37.7. The van der Waals surface area contributed by atoms with Crippen molar-refractivity contribution < 1.29 is 22.7 Å². The Bertz CT molecular complexity index is 737. The van der Waals surface area contributed by atoms with Crippen LogP contribution in [0, 0.1) is 17.2 Å². The predicted octanol–water partition coefficient (Wildman–Crippen LogP) is 0.646. The zero-order chi connectivity index (χ0) is 17.5. The monoisotopic (exact) mass is 356 g/mol. The average Bonchev–Trinajstić information content (AvgIpc) is 3.01. The first kappa shape index (κ1) is 17.3. The Morgan fingerprint density at radius 3 is 2.50 bits per heavy atom. The van der Waals surface area contributed by atoms with Crippen LogP contribution in [0.4, 0.5) is 4.39 Å². The van der Waals surface area contributed by atoms with E-state index in [1.54, 1.807) is 12.1 Å². The molecule has 6 nitrogen and oxygen atoms in total. The summed E-state index contributed by atoms with van der Waals surface area (Å²) in [6.45, 7) is 1.90. The van der Waals surface area contributed by atoms with Gasteiger partial charge < -0.3 is 10.0 Å². The quantitative estimate of drug-likeness (QED) is 0.838. The van der Waals surface area contributed by atoms with Crippen LogP contribution in [-0.4, -0.2) is 67.7 Å². The van der Waals surface area contributed by atoms with Gasteiger partial charge in [0.25, 0.3) is 0 Å². The topological polar surface area (TPSA) is 77.9 Å². The van der Waals surface area contributed by atoms with Gasteiger partial charge in [-0.05, 0) is 24.1 Å². The maximum Gasteiger partial charge on any atom is 0.312 e. The standard InChI is InChI=1S/C16H21FN2O4S/c1-24(22,23)19-9-13-8-18(10-16(13,11-19)15(20)21)7-6-12-2-4-14(17)5-3-12/h2-5,13H,6-11H2,1H3,(H,20,21)/t13?,16-/m1/s1. The van der Waals surface area contributed by atoms with Crippen molar-refractivity contribution in [1.29, 1.82) is 0 Å². The number of hydrogen-bond donors (Lipinski definition) is 1. The van der Waals surface area contributed by atoms with E-state index in [1.807, 2.05) is 0 Å². The molecule has 2 atom stereocenters. The lowest BCUT2D eigenvalue weighted by atomic mass is 9.81. The summed E-state index contributed by atoms with van der Waals surface area (Å²) >= 11 is 0. The first-order valence-corrected chi connectivity index (χ1v) is 9.71. The highest BCUT2D eigenvalue weighted by molar-refractivity contribution is 7.88. The molecule has 1 aromatic carbocycles. The van der Waals surface area contributed by atoms with E-state index in [1.165, 1.54) is 16.4 Å². The van der Waals surface area contributed by atoms with Gasteiger partial charge >= 0.3 is 5.97 Å². The van der Waals surface area contributed by atoms with Crippen molar-refractivity contribution in [2.24, 2.45) is 11.3 Å². The molecule has 0 aliphatic carbocycles.